The maximum atomic E-state index is 12.0. The van der Waals surface area contributed by atoms with E-state index in [1.165, 1.54) is 38.5 Å². The molecule has 0 saturated heterocycles. The quantitative estimate of drug-likeness (QED) is 0.155. The van der Waals surface area contributed by atoms with Gasteiger partial charge >= 0.3 is 11.9 Å². The Hall–Kier alpha value is -3.80. The van der Waals surface area contributed by atoms with E-state index in [2.05, 4.69) is 13.8 Å². The maximum Gasteiger partial charge on any atom is 0.336 e. The number of carboxylic acid groups (broad SMARTS) is 2. The lowest BCUT2D eigenvalue weighted by atomic mass is 9.94. The molecule has 0 unspecified atom stereocenters. The number of aromatic carboxylic acids is 2. The molecule has 0 spiro atoms. The first kappa shape index (κ1) is 30.7. The van der Waals surface area contributed by atoms with Gasteiger partial charge in [0.05, 0.1) is 24.3 Å². The van der Waals surface area contributed by atoms with Crippen molar-refractivity contribution in [3.8, 4) is 33.8 Å². The van der Waals surface area contributed by atoms with Crippen LogP contribution in [0.4, 0.5) is 0 Å². The van der Waals surface area contributed by atoms with Crippen molar-refractivity contribution < 1.29 is 29.3 Å². The topological polar surface area (TPSA) is 93.1 Å². The van der Waals surface area contributed by atoms with Crippen LogP contribution in [0.3, 0.4) is 0 Å². The van der Waals surface area contributed by atoms with Crippen molar-refractivity contribution in [1.29, 1.82) is 0 Å². The second-order valence-corrected chi connectivity index (χ2v) is 10.1. The molecule has 0 fully saturated rings. The molecule has 40 heavy (non-hydrogen) atoms. The third kappa shape index (κ3) is 9.15. The third-order valence-corrected chi connectivity index (χ3v) is 6.98. The van der Waals surface area contributed by atoms with E-state index in [0.29, 0.717) is 47.0 Å². The molecule has 214 valence electrons. The number of unbranched alkanes of at least 4 members (excludes halogenated alkanes) is 8. The summed E-state index contributed by atoms with van der Waals surface area (Å²) in [5.41, 5.74) is 2.91. The Balaban J connectivity index is 1.78. The van der Waals surface area contributed by atoms with E-state index in [0.717, 1.165) is 25.7 Å². The molecule has 0 aliphatic carbocycles. The summed E-state index contributed by atoms with van der Waals surface area (Å²) in [7, 11) is 0. The van der Waals surface area contributed by atoms with Gasteiger partial charge in [-0.3, -0.25) is 0 Å². The number of carbonyl (C=O) groups is 2. The van der Waals surface area contributed by atoms with Crippen LogP contribution in [0.2, 0.25) is 0 Å². The SMILES string of the molecule is CCCCCCCOc1ccc(C(=O)O)c(-c2ccc(-c3cc(OCCCCCCC)ccc3C(=O)O)cc2)c1. The Morgan fingerprint density at radius 3 is 1.27 bits per heavy atom. The summed E-state index contributed by atoms with van der Waals surface area (Å²) in [6.07, 6.45) is 11.3. The van der Waals surface area contributed by atoms with Gasteiger partial charge in [-0.05, 0) is 71.5 Å². The molecule has 0 amide bonds. The first-order chi connectivity index (χ1) is 19.4. The number of ether oxygens (including phenoxy) is 2. The lowest BCUT2D eigenvalue weighted by Crippen LogP contribution is -2.03. The van der Waals surface area contributed by atoms with E-state index >= 15 is 0 Å². The van der Waals surface area contributed by atoms with Crippen molar-refractivity contribution >= 4 is 11.9 Å². The molecule has 0 radical (unpaired) electrons. The largest absolute Gasteiger partial charge is 0.494 e. The van der Waals surface area contributed by atoms with Crippen LogP contribution in [0.25, 0.3) is 22.3 Å². The first-order valence-electron chi connectivity index (χ1n) is 14.6. The fourth-order valence-electron chi connectivity index (χ4n) is 4.70. The third-order valence-electron chi connectivity index (χ3n) is 6.98. The number of hydrogen-bond donors (Lipinski definition) is 2. The van der Waals surface area contributed by atoms with Crippen molar-refractivity contribution in [2.45, 2.75) is 78.1 Å². The van der Waals surface area contributed by atoms with Gasteiger partial charge in [0, 0.05) is 0 Å². The highest BCUT2D eigenvalue weighted by molar-refractivity contribution is 5.98. The monoisotopic (exact) mass is 546 g/mol. The lowest BCUT2D eigenvalue weighted by molar-refractivity contribution is 0.0686. The molecule has 6 nitrogen and oxygen atoms in total. The molecule has 0 aromatic heterocycles. The van der Waals surface area contributed by atoms with Gasteiger partial charge in [0.1, 0.15) is 11.5 Å². The second kappa shape index (κ2) is 16.3. The van der Waals surface area contributed by atoms with E-state index in [1.807, 2.05) is 24.3 Å². The fraction of sp³-hybridized carbons (Fsp3) is 0.412. The zero-order valence-corrected chi connectivity index (χ0v) is 23.8. The minimum absolute atomic E-state index is 0.184. The average Bonchev–Trinajstić information content (AvgIpc) is 2.96. The lowest BCUT2D eigenvalue weighted by Gasteiger charge is -2.13. The van der Waals surface area contributed by atoms with E-state index < -0.39 is 11.9 Å². The minimum atomic E-state index is -1.02. The van der Waals surface area contributed by atoms with E-state index in [-0.39, 0.29) is 11.1 Å². The predicted octanol–water partition coefficient (Wildman–Crippen LogP) is 9.12. The van der Waals surface area contributed by atoms with Crippen molar-refractivity contribution in [1.82, 2.24) is 0 Å². The Labute approximate surface area is 238 Å². The Bertz CT molecular complexity index is 1140. The van der Waals surface area contributed by atoms with Crippen LogP contribution in [0.1, 0.15) is 98.8 Å². The molecular weight excluding hydrogens is 504 g/mol. The highest BCUT2D eigenvalue weighted by atomic mass is 16.5. The molecular formula is C34H42O6. The van der Waals surface area contributed by atoms with Crippen LogP contribution in [0.15, 0.2) is 60.7 Å². The van der Waals surface area contributed by atoms with Gasteiger partial charge < -0.3 is 19.7 Å². The Morgan fingerprint density at radius 1 is 0.550 bits per heavy atom. The first-order valence-corrected chi connectivity index (χ1v) is 14.6. The highest BCUT2D eigenvalue weighted by Crippen LogP contribution is 2.33. The van der Waals surface area contributed by atoms with Crippen LogP contribution >= 0.6 is 0 Å². The van der Waals surface area contributed by atoms with Crippen molar-refractivity contribution in [2.75, 3.05) is 13.2 Å². The zero-order chi connectivity index (χ0) is 28.7. The molecule has 0 aliphatic heterocycles. The molecule has 0 saturated carbocycles. The molecule has 3 aromatic rings. The normalized spacial score (nSPS) is 10.8. The van der Waals surface area contributed by atoms with Gasteiger partial charge in [0.2, 0.25) is 0 Å². The molecule has 3 aromatic carbocycles. The van der Waals surface area contributed by atoms with Crippen LogP contribution in [-0.2, 0) is 0 Å². The summed E-state index contributed by atoms with van der Waals surface area (Å²) in [5.74, 6) is -0.768. The van der Waals surface area contributed by atoms with Gasteiger partial charge in [0.15, 0.2) is 0 Å². The van der Waals surface area contributed by atoms with Gasteiger partial charge in [-0.1, -0.05) is 89.5 Å². The van der Waals surface area contributed by atoms with Crippen LogP contribution in [-0.4, -0.2) is 35.4 Å². The number of hydrogen-bond acceptors (Lipinski definition) is 4. The summed E-state index contributed by atoms with van der Waals surface area (Å²) in [6.45, 7) is 5.54. The number of benzene rings is 3. The van der Waals surface area contributed by atoms with E-state index in [9.17, 15) is 19.8 Å². The average molecular weight is 547 g/mol. The Morgan fingerprint density at radius 2 is 0.925 bits per heavy atom. The zero-order valence-electron chi connectivity index (χ0n) is 23.8. The number of carboxylic acids is 2. The predicted molar refractivity (Wildman–Crippen MR) is 160 cm³/mol. The maximum absolute atomic E-state index is 12.0. The van der Waals surface area contributed by atoms with E-state index in [4.69, 9.17) is 9.47 Å². The minimum Gasteiger partial charge on any atom is -0.494 e. The van der Waals surface area contributed by atoms with Gasteiger partial charge in [0.25, 0.3) is 0 Å². The molecule has 0 aliphatic rings. The molecule has 3 rings (SSSR count). The summed E-state index contributed by atoms with van der Waals surface area (Å²) in [5, 5.41) is 19.6. The smallest absolute Gasteiger partial charge is 0.336 e. The molecule has 6 heteroatoms. The molecule has 0 atom stereocenters. The molecule has 2 N–H and O–H groups in total. The standard InChI is InChI=1S/C34H42O6/c1-3-5-7-9-11-21-39-27-17-19-29(33(35)36)31(23-27)25-13-15-26(16-14-25)32-24-28(18-20-30(32)34(37)38)40-22-12-10-8-6-4-2/h13-20,23-24H,3-12,21-22H2,1-2H3,(H,35,36)(H,37,38). The summed E-state index contributed by atoms with van der Waals surface area (Å²) >= 11 is 0. The van der Waals surface area contributed by atoms with Crippen molar-refractivity contribution in [3.63, 3.8) is 0 Å². The van der Waals surface area contributed by atoms with Gasteiger partial charge in [-0.15, -0.1) is 0 Å². The summed E-state index contributed by atoms with van der Waals surface area (Å²) < 4.78 is 11.8. The van der Waals surface area contributed by atoms with Crippen molar-refractivity contribution in [2.24, 2.45) is 0 Å². The van der Waals surface area contributed by atoms with E-state index in [1.54, 1.807) is 36.4 Å². The van der Waals surface area contributed by atoms with Gasteiger partial charge in [-0.25, -0.2) is 9.59 Å². The van der Waals surface area contributed by atoms with Crippen LogP contribution in [0.5, 0.6) is 11.5 Å². The Kier molecular flexibility index (Phi) is 12.6. The highest BCUT2D eigenvalue weighted by Gasteiger charge is 2.16. The molecule has 0 bridgehead atoms. The molecule has 0 heterocycles. The second-order valence-electron chi connectivity index (χ2n) is 10.1. The van der Waals surface area contributed by atoms with Gasteiger partial charge in [-0.2, -0.15) is 0 Å². The summed E-state index contributed by atoms with van der Waals surface area (Å²) in [4.78, 5) is 23.9. The van der Waals surface area contributed by atoms with Crippen LogP contribution in [0, 0.1) is 0 Å². The van der Waals surface area contributed by atoms with Crippen LogP contribution < -0.4 is 9.47 Å². The van der Waals surface area contributed by atoms with Crippen molar-refractivity contribution in [3.05, 3.63) is 71.8 Å². The fourth-order valence-corrected chi connectivity index (χ4v) is 4.70. The number of rotatable bonds is 18. The summed E-state index contributed by atoms with van der Waals surface area (Å²) in [6, 6.07) is 17.3.